The summed E-state index contributed by atoms with van der Waals surface area (Å²) < 4.78 is 22.8. The lowest BCUT2D eigenvalue weighted by atomic mass is 9.44. The molecule has 0 aromatic rings. The fraction of sp³-hybridized carbons (Fsp3) is 0.708. The molecule has 0 aromatic heterocycles. The molecule has 4 rings (SSSR count). The van der Waals surface area contributed by atoms with Crippen molar-refractivity contribution in [3.05, 3.63) is 23.8 Å². The van der Waals surface area contributed by atoms with Crippen LogP contribution in [0.25, 0.3) is 0 Å². The predicted molar refractivity (Wildman–Crippen MR) is 115 cm³/mol. The molecule has 0 bridgehead atoms. The summed E-state index contributed by atoms with van der Waals surface area (Å²) in [6, 6.07) is 0. The number of ether oxygens (including phenoxy) is 1. The van der Waals surface area contributed by atoms with Crippen molar-refractivity contribution in [2.45, 2.75) is 69.9 Å². The highest BCUT2D eigenvalue weighted by Crippen LogP contribution is 2.70. The maximum atomic E-state index is 17.1. The van der Waals surface area contributed by atoms with Gasteiger partial charge in [0.05, 0.1) is 18.1 Å². The van der Waals surface area contributed by atoms with Gasteiger partial charge in [0.15, 0.2) is 28.6 Å². The van der Waals surface area contributed by atoms with E-state index in [0.29, 0.717) is 18.4 Å². The molecule has 0 amide bonds. The molecule has 4 aliphatic carbocycles. The number of allylic oxidation sites excluding steroid dienone is 4. The Morgan fingerprint density at radius 1 is 1.31 bits per heavy atom. The number of Topliss-reactive ketones (excluding diaryl/α,β-unsaturated/α-hetero) is 2. The van der Waals surface area contributed by atoms with Crippen LogP contribution in [-0.2, 0) is 19.1 Å². The first-order chi connectivity index (χ1) is 14.9. The summed E-state index contributed by atoms with van der Waals surface area (Å²) in [5, 5.41) is 23.0. The Hall–Kier alpha value is -1.41. The number of hydrogen-bond donors (Lipinski definition) is 2. The Kier molecular flexibility index (Phi) is 5.60. The molecule has 0 aliphatic heterocycles. The number of halogens is 2. The number of aliphatic hydroxyl groups is 2. The average Bonchev–Trinajstić information content (AvgIpc) is 2.95. The third-order valence-electron chi connectivity index (χ3n) is 8.87. The Morgan fingerprint density at radius 3 is 2.62 bits per heavy atom. The summed E-state index contributed by atoms with van der Waals surface area (Å²) in [6.45, 7) is 4.45. The molecule has 8 atom stereocenters. The maximum absolute atomic E-state index is 17.1. The number of rotatable bonds is 5. The van der Waals surface area contributed by atoms with E-state index in [1.54, 1.807) is 19.9 Å². The smallest absolute Gasteiger partial charge is 0.182 e. The Morgan fingerprint density at radius 2 is 2.00 bits per heavy atom. The van der Waals surface area contributed by atoms with Crippen molar-refractivity contribution < 1.29 is 33.7 Å². The first kappa shape index (κ1) is 23.7. The SMILES string of the molecule is CC(=O)COC1C[C@H]2[C@@H]3CCC4=CC(=O)C=C[C@]4(C)[C@@]3(F)C(O)C[C@]2(C)[C@@]1(O)C(=O)CCl. The van der Waals surface area contributed by atoms with Crippen LogP contribution in [0.4, 0.5) is 4.39 Å². The second-order valence-corrected chi connectivity index (χ2v) is 10.6. The molecule has 2 N–H and O–H groups in total. The van der Waals surface area contributed by atoms with Crippen molar-refractivity contribution in [2.75, 3.05) is 12.5 Å². The number of alkyl halides is 2. The van der Waals surface area contributed by atoms with Crippen molar-refractivity contribution >= 4 is 29.0 Å². The van der Waals surface area contributed by atoms with Crippen LogP contribution >= 0.6 is 11.6 Å². The first-order valence-corrected chi connectivity index (χ1v) is 11.6. The van der Waals surface area contributed by atoms with Gasteiger partial charge in [0.25, 0.3) is 0 Å². The molecule has 0 heterocycles. The van der Waals surface area contributed by atoms with E-state index in [4.69, 9.17) is 16.3 Å². The van der Waals surface area contributed by atoms with Gasteiger partial charge in [0, 0.05) is 16.7 Å². The molecule has 4 aliphatic rings. The summed E-state index contributed by atoms with van der Waals surface area (Å²) in [7, 11) is 0. The highest BCUT2D eigenvalue weighted by molar-refractivity contribution is 6.29. The second kappa shape index (κ2) is 7.55. The minimum absolute atomic E-state index is 0.170. The number of carbonyl (C=O) groups is 3. The molecule has 2 unspecified atom stereocenters. The molecule has 32 heavy (non-hydrogen) atoms. The Balaban J connectivity index is 1.81. The molecular weight excluding hydrogens is 439 g/mol. The predicted octanol–water partition coefficient (Wildman–Crippen LogP) is 2.48. The number of hydrogen-bond acceptors (Lipinski definition) is 6. The van der Waals surface area contributed by atoms with Crippen molar-refractivity contribution in [3.8, 4) is 0 Å². The summed E-state index contributed by atoms with van der Waals surface area (Å²) in [5.74, 6) is -2.75. The van der Waals surface area contributed by atoms with Crippen LogP contribution < -0.4 is 0 Å². The van der Waals surface area contributed by atoms with Gasteiger partial charge in [0.2, 0.25) is 0 Å². The third kappa shape index (κ3) is 2.84. The van der Waals surface area contributed by atoms with Gasteiger partial charge in [-0.05, 0) is 57.6 Å². The maximum Gasteiger partial charge on any atom is 0.182 e. The quantitative estimate of drug-likeness (QED) is 0.601. The summed E-state index contributed by atoms with van der Waals surface area (Å²) >= 11 is 5.85. The van der Waals surface area contributed by atoms with Gasteiger partial charge >= 0.3 is 0 Å². The summed E-state index contributed by atoms with van der Waals surface area (Å²) in [6.07, 6.45) is 2.67. The van der Waals surface area contributed by atoms with E-state index in [1.807, 2.05) is 0 Å². The lowest BCUT2D eigenvalue weighted by molar-refractivity contribution is -0.222. The molecule has 6 nitrogen and oxygen atoms in total. The van der Waals surface area contributed by atoms with Crippen LogP contribution in [0.15, 0.2) is 23.8 Å². The molecule has 3 saturated carbocycles. The normalized spacial score (nSPS) is 47.3. The number of fused-ring (bicyclic) bond motifs is 5. The van der Waals surface area contributed by atoms with Crippen LogP contribution in [0, 0.1) is 22.7 Å². The van der Waals surface area contributed by atoms with Gasteiger partial charge in [-0.25, -0.2) is 4.39 Å². The highest BCUT2D eigenvalue weighted by Gasteiger charge is 2.76. The molecule has 0 spiro atoms. The average molecular weight is 469 g/mol. The lowest BCUT2D eigenvalue weighted by Crippen LogP contribution is -2.69. The number of aliphatic hydroxyl groups excluding tert-OH is 1. The molecular formula is C24H30ClFO6. The van der Waals surface area contributed by atoms with E-state index in [-0.39, 0.29) is 31.0 Å². The first-order valence-electron chi connectivity index (χ1n) is 11.1. The Labute approximate surface area is 191 Å². The standard InChI is InChI=1S/C24H30ClFO6/c1-13(27)12-32-20-9-17-16-5-4-14-8-15(28)6-7-21(14,2)23(16,26)18(29)10-22(17,3)24(20,31)19(30)11-25/h6-8,16-18,20,29,31H,4-5,9-12H2,1-3H3/t16-,17-,18?,20?,21-,22-,23-,24+/m0/s1. The molecule has 176 valence electrons. The highest BCUT2D eigenvalue weighted by atomic mass is 35.5. The van der Waals surface area contributed by atoms with Crippen molar-refractivity contribution in [1.82, 2.24) is 0 Å². The van der Waals surface area contributed by atoms with Gasteiger partial charge in [-0.15, -0.1) is 11.6 Å². The van der Waals surface area contributed by atoms with E-state index < -0.39 is 57.8 Å². The number of ketones is 3. The minimum atomic E-state index is -2.08. The second-order valence-electron chi connectivity index (χ2n) is 10.3. The molecule has 3 fully saturated rings. The molecule has 8 heteroatoms. The van der Waals surface area contributed by atoms with E-state index in [2.05, 4.69) is 0 Å². The van der Waals surface area contributed by atoms with Gasteiger partial charge < -0.3 is 14.9 Å². The van der Waals surface area contributed by atoms with Gasteiger partial charge in [0.1, 0.15) is 6.61 Å². The zero-order valence-corrected chi connectivity index (χ0v) is 19.3. The van der Waals surface area contributed by atoms with Crippen LogP contribution in [-0.4, -0.2) is 63.5 Å². The van der Waals surface area contributed by atoms with Gasteiger partial charge in [-0.1, -0.05) is 18.6 Å². The summed E-state index contributed by atoms with van der Waals surface area (Å²) in [4.78, 5) is 36.4. The van der Waals surface area contributed by atoms with Crippen molar-refractivity contribution in [3.63, 3.8) is 0 Å². The largest absolute Gasteiger partial charge is 0.390 e. The van der Waals surface area contributed by atoms with E-state index in [0.717, 1.165) is 0 Å². The van der Waals surface area contributed by atoms with E-state index in [9.17, 15) is 24.6 Å². The third-order valence-corrected chi connectivity index (χ3v) is 9.11. The van der Waals surface area contributed by atoms with E-state index in [1.165, 1.54) is 19.1 Å². The molecule has 0 saturated heterocycles. The van der Waals surface area contributed by atoms with Gasteiger partial charge in [-0.3, -0.25) is 14.4 Å². The molecule has 0 aromatic carbocycles. The zero-order valence-electron chi connectivity index (χ0n) is 18.6. The zero-order chi connectivity index (χ0) is 23.7. The van der Waals surface area contributed by atoms with E-state index >= 15 is 4.39 Å². The lowest BCUT2D eigenvalue weighted by Gasteiger charge is -2.62. The van der Waals surface area contributed by atoms with Crippen LogP contribution in [0.1, 0.15) is 46.5 Å². The molecule has 0 radical (unpaired) electrons. The van der Waals surface area contributed by atoms with Crippen LogP contribution in [0.3, 0.4) is 0 Å². The van der Waals surface area contributed by atoms with Gasteiger partial charge in [-0.2, -0.15) is 0 Å². The minimum Gasteiger partial charge on any atom is -0.390 e. The monoisotopic (exact) mass is 468 g/mol. The number of carbonyl (C=O) groups excluding carboxylic acids is 3. The summed E-state index contributed by atoms with van der Waals surface area (Å²) in [5.41, 5.74) is -5.84. The fourth-order valence-electron chi connectivity index (χ4n) is 7.21. The van der Waals surface area contributed by atoms with Crippen molar-refractivity contribution in [2.24, 2.45) is 22.7 Å². The van der Waals surface area contributed by atoms with Crippen LogP contribution in [0.5, 0.6) is 0 Å². The Bertz CT molecular complexity index is 931. The van der Waals surface area contributed by atoms with Crippen molar-refractivity contribution in [1.29, 1.82) is 0 Å². The fourth-order valence-corrected chi connectivity index (χ4v) is 7.41. The van der Waals surface area contributed by atoms with Crippen LogP contribution in [0.2, 0.25) is 0 Å². The topological polar surface area (TPSA) is 101 Å².